The maximum Gasteiger partial charge on any atom is 0.215 e. The fourth-order valence-corrected chi connectivity index (χ4v) is 3.15. The Balaban J connectivity index is 1.95. The van der Waals surface area contributed by atoms with Crippen LogP contribution >= 0.6 is 0 Å². The summed E-state index contributed by atoms with van der Waals surface area (Å²) in [6.07, 6.45) is 0. The van der Waals surface area contributed by atoms with Crippen molar-refractivity contribution in [3.05, 3.63) is 70.8 Å². The molecule has 3 N–H and O–H groups in total. The van der Waals surface area contributed by atoms with E-state index in [1.54, 1.807) is 25.2 Å². The van der Waals surface area contributed by atoms with E-state index in [0.29, 0.717) is 18.1 Å². The summed E-state index contributed by atoms with van der Waals surface area (Å²) in [4.78, 5) is 4.04. The van der Waals surface area contributed by atoms with Crippen molar-refractivity contribution in [1.82, 2.24) is 15.4 Å². The minimum absolute atomic E-state index is 0.0731. The van der Waals surface area contributed by atoms with Crippen LogP contribution in [0.5, 0.6) is 0 Å². The Morgan fingerprint density at radius 1 is 1.04 bits per heavy atom. The van der Waals surface area contributed by atoms with Crippen LogP contribution in [-0.4, -0.2) is 28.5 Å². The predicted octanol–water partition coefficient (Wildman–Crippen LogP) is 1.88. The lowest BCUT2D eigenvalue weighted by molar-refractivity contribution is 0.581. The number of halogens is 2. The van der Waals surface area contributed by atoms with Crippen molar-refractivity contribution in [2.24, 2.45) is 4.99 Å². The summed E-state index contributed by atoms with van der Waals surface area (Å²) < 4.78 is 52.5. The topological polar surface area (TPSA) is 82.6 Å². The first-order valence-electron chi connectivity index (χ1n) is 8.20. The Morgan fingerprint density at radius 3 is 2.44 bits per heavy atom. The molecule has 0 radical (unpaired) electrons. The Kier molecular flexibility index (Phi) is 7.26. The van der Waals surface area contributed by atoms with Crippen molar-refractivity contribution in [3.63, 3.8) is 0 Å². The molecule has 0 fully saturated rings. The first-order valence-corrected chi connectivity index (χ1v) is 9.85. The zero-order valence-corrected chi connectivity index (χ0v) is 15.9. The number of nitrogens with one attached hydrogen (secondary N) is 3. The number of sulfonamides is 1. The lowest BCUT2D eigenvalue weighted by atomic mass is 10.1. The molecule has 2 aromatic rings. The van der Waals surface area contributed by atoms with Crippen molar-refractivity contribution in [2.75, 3.05) is 14.1 Å². The number of nitrogens with zero attached hydrogens (tertiary/aromatic N) is 1. The third-order valence-electron chi connectivity index (χ3n) is 3.80. The van der Waals surface area contributed by atoms with Crippen molar-refractivity contribution in [2.45, 2.75) is 18.8 Å². The molecule has 0 spiro atoms. The van der Waals surface area contributed by atoms with Gasteiger partial charge in [0.2, 0.25) is 10.0 Å². The van der Waals surface area contributed by atoms with Gasteiger partial charge in [0.15, 0.2) is 5.96 Å². The standard InChI is InChI=1S/C18H22F2N4O2S/c1-21-18(24-11-15-9-16(19)6-7-17(15)20)23-10-13-4-3-5-14(8-13)12-27(25,26)22-2/h3-9,22H,10-12H2,1-2H3,(H2,21,23,24). The highest BCUT2D eigenvalue weighted by molar-refractivity contribution is 7.88. The molecule has 2 aromatic carbocycles. The molecule has 0 aliphatic rings. The van der Waals surface area contributed by atoms with E-state index in [-0.39, 0.29) is 17.9 Å². The van der Waals surface area contributed by atoms with Gasteiger partial charge in [0.25, 0.3) is 0 Å². The van der Waals surface area contributed by atoms with Crippen molar-refractivity contribution < 1.29 is 17.2 Å². The predicted molar refractivity (Wildman–Crippen MR) is 102 cm³/mol. The van der Waals surface area contributed by atoms with E-state index < -0.39 is 21.7 Å². The number of aliphatic imine (C=N–C) groups is 1. The zero-order valence-electron chi connectivity index (χ0n) is 15.1. The second-order valence-electron chi connectivity index (χ2n) is 5.80. The Bertz CT molecular complexity index is 917. The second kappa shape index (κ2) is 9.43. The second-order valence-corrected chi connectivity index (χ2v) is 7.72. The molecule has 0 aromatic heterocycles. The molecule has 27 heavy (non-hydrogen) atoms. The molecule has 146 valence electrons. The van der Waals surface area contributed by atoms with Crippen molar-refractivity contribution in [3.8, 4) is 0 Å². The van der Waals surface area contributed by atoms with Gasteiger partial charge in [0.1, 0.15) is 11.6 Å². The smallest absolute Gasteiger partial charge is 0.215 e. The fraction of sp³-hybridized carbons (Fsp3) is 0.278. The molecule has 0 aliphatic carbocycles. The minimum atomic E-state index is -3.34. The van der Waals surface area contributed by atoms with Gasteiger partial charge in [-0.1, -0.05) is 24.3 Å². The average molecular weight is 396 g/mol. The quantitative estimate of drug-likeness (QED) is 0.493. The number of hydrogen-bond acceptors (Lipinski definition) is 3. The number of benzene rings is 2. The normalized spacial score (nSPS) is 12.1. The molecule has 0 aliphatic heterocycles. The van der Waals surface area contributed by atoms with Gasteiger partial charge in [0, 0.05) is 25.7 Å². The summed E-state index contributed by atoms with van der Waals surface area (Å²) >= 11 is 0. The van der Waals surface area contributed by atoms with Crippen LogP contribution in [0.3, 0.4) is 0 Å². The van der Waals surface area contributed by atoms with Crippen LogP contribution in [0.4, 0.5) is 8.78 Å². The number of rotatable bonds is 7. The maximum atomic E-state index is 13.7. The largest absolute Gasteiger partial charge is 0.352 e. The van der Waals surface area contributed by atoms with Gasteiger partial charge in [-0.3, -0.25) is 4.99 Å². The lowest BCUT2D eigenvalue weighted by Gasteiger charge is -2.13. The third kappa shape index (κ3) is 6.61. The SMILES string of the molecule is CN=C(NCc1cccc(CS(=O)(=O)NC)c1)NCc1cc(F)ccc1F. The first kappa shape index (κ1) is 20.8. The van der Waals surface area contributed by atoms with E-state index in [4.69, 9.17) is 0 Å². The van der Waals surface area contributed by atoms with Gasteiger partial charge in [-0.2, -0.15) is 0 Å². The van der Waals surface area contributed by atoms with Gasteiger partial charge >= 0.3 is 0 Å². The molecule has 6 nitrogen and oxygen atoms in total. The molecular formula is C18H22F2N4O2S. The summed E-state index contributed by atoms with van der Waals surface area (Å²) in [6.45, 7) is 0.461. The van der Waals surface area contributed by atoms with Crippen LogP contribution in [0.25, 0.3) is 0 Å². The van der Waals surface area contributed by atoms with E-state index in [0.717, 1.165) is 23.8 Å². The summed E-state index contributed by atoms with van der Waals surface area (Å²) in [6, 6.07) is 10.4. The van der Waals surface area contributed by atoms with Gasteiger partial charge in [-0.25, -0.2) is 21.9 Å². The van der Waals surface area contributed by atoms with Crippen LogP contribution in [0.1, 0.15) is 16.7 Å². The Labute approximate surface area is 157 Å². The lowest BCUT2D eigenvalue weighted by Crippen LogP contribution is -2.36. The molecule has 0 amide bonds. The van der Waals surface area contributed by atoms with E-state index in [1.165, 1.54) is 7.05 Å². The molecule has 0 atom stereocenters. The monoisotopic (exact) mass is 396 g/mol. The first-order chi connectivity index (χ1) is 12.8. The van der Waals surface area contributed by atoms with Gasteiger partial charge in [-0.05, 0) is 36.4 Å². The van der Waals surface area contributed by atoms with Crippen LogP contribution < -0.4 is 15.4 Å². The van der Waals surface area contributed by atoms with Crippen molar-refractivity contribution in [1.29, 1.82) is 0 Å². The molecule has 0 unspecified atom stereocenters. The van der Waals surface area contributed by atoms with E-state index in [1.807, 2.05) is 6.07 Å². The average Bonchev–Trinajstić information content (AvgIpc) is 2.64. The maximum absolute atomic E-state index is 13.7. The molecule has 0 bridgehead atoms. The number of guanidine groups is 1. The summed E-state index contributed by atoms with van der Waals surface area (Å²) in [5.74, 6) is -0.711. The minimum Gasteiger partial charge on any atom is -0.352 e. The summed E-state index contributed by atoms with van der Waals surface area (Å²) in [7, 11) is -0.409. The Morgan fingerprint density at radius 2 is 1.74 bits per heavy atom. The third-order valence-corrected chi connectivity index (χ3v) is 5.13. The molecule has 0 heterocycles. The molecule has 9 heteroatoms. The summed E-state index contributed by atoms with van der Waals surface area (Å²) in [5, 5.41) is 5.96. The van der Waals surface area contributed by atoms with Crippen molar-refractivity contribution >= 4 is 16.0 Å². The highest BCUT2D eigenvalue weighted by Crippen LogP contribution is 2.10. The summed E-state index contributed by atoms with van der Waals surface area (Å²) in [5.41, 5.74) is 1.71. The zero-order chi connectivity index (χ0) is 19.9. The van der Waals surface area contributed by atoms with Gasteiger partial charge in [-0.15, -0.1) is 0 Å². The Hall–Kier alpha value is -2.52. The molecule has 2 rings (SSSR count). The van der Waals surface area contributed by atoms with Gasteiger partial charge in [0.05, 0.1) is 5.75 Å². The van der Waals surface area contributed by atoms with Crippen LogP contribution in [0.2, 0.25) is 0 Å². The highest BCUT2D eigenvalue weighted by atomic mass is 32.2. The molecular weight excluding hydrogens is 374 g/mol. The molecule has 0 saturated carbocycles. The fourth-order valence-electron chi connectivity index (χ4n) is 2.39. The van der Waals surface area contributed by atoms with Gasteiger partial charge < -0.3 is 10.6 Å². The highest BCUT2D eigenvalue weighted by Gasteiger charge is 2.09. The van der Waals surface area contributed by atoms with Crippen LogP contribution in [0.15, 0.2) is 47.5 Å². The van der Waals surface area contributed by atoms with Crippen LogP contribution in [0, 0.1) is 11.6 Å². The molecule has 0 saturated heterocycles. The van der Waals surface area contributed by atoms with E-state index in [2.05, 4.69) is 20.3 Å². The number of hydrogen-bond donors (Lipinski definition) is 3. The van der Waals surface area contributed by atoms with E-state index >= 15 is 0 Å². The van der Waals surface area contributed by atoms with E-state index in [9.17, 15) is 17.2 Å². The van der Waals surface area contributed by atoms with Crippen LogP contribution in [-0.2, 0) is 28.9 Å².